The molecule has 1 amide bonds. The molecule has 0 aliphatic carbocycles. The first-order valence-electron chi connectivity index (χ1n) is 5.50. The summed E-state index contributed by atoms with van der Waals surface area (Å²) in [5, 5.41) is 3.35. The van der Waals surface area contributed by atoms with E-state index in [9.17, 15) is 9.18 Å². The molecule has 0 bridgehead atoms. The maximum absolute atomic E-state index is 13.0. The van der Waals surface area contributed by atoms with Gasteiger partial charge >= 0.3 is 0 Å². The van der Waals surface area contributed by atoms with Crippen LogP contribution < -0.4 is 5.32 Å². The number of rotatable bonds is 2. The average molecular weight is 390 g/mol. The van der Waals surface area contributed by atoms with E-state index in [0.29, 0.717) is 19.8 Å². The van der Waals surface area contributed by atoms with Crippen molar-refractivity contribution in [2.75, 3.05) is 5.32 Å². The molecule has 0 aliphatic heterocycles. The zero-order chi connectivity index (χ0) is 14.0. The lowest BCUT2D eigenvalue weighted by atomic mass is 10.1. The molecule has 0 fully saturated rings. The molecule has 98 valence electrons. The topological polar surface area (TPSA) is 29.1 Å². The van der Waals surface area contributed by atoms with E-state index in [1.807, 2.05) is 29.5 Å². The second-order valence-corrected chi connectivity index (χ2v) is 5.64. The molecule has 0 atom stereocenters. The van der Waals surface area contributed by atoms with Crippen molar-refractivity contribution in [2.24, 2.45) is 0 Å². The van der Waals surface area contributed by atoms with Gasteiger partial charge in [0, 0.05) is 14.2 Å². The molecule has 2 aromatic rings. The highest BCUT2D eigenvalue weighted by atomic mass is 127. The van der Waals surface area contributed by atoms with Gasteiger partial charge in [-0.3, -0.25) is 4.79 Å². The summed E-state index contributed by atoms with van der Waals surface area (Å²) in [7, 11) is 0. The van der Waals surface area contributed by atoms with Gasteiger partial charge in [-0.2, -0.15) is 0 Å². The van der Waals surface area contributed by atoms with E-state index < -0.39 is 0 Å². The first-order valence-corrected chi connectivity index (χ1v) is 6.95. The molecule has 19 heavy (non-hydrogen) atoms. The van der Waals surface area contributed by atoms with Crippen molar-refractivity contribution < 1.29 is 9.18 Å². The Kier molecular flexibility index (Phi) is 4.42. The van der Waals surface area contributed by atoms with Crippen molar-refractivity contribution in [3.63, 3.8) is 0 Å². The molecule has 2 rings (SSSR count). The molecule has 0 saturated carbocycles. The summed E-state index contributed by atoms with van der Waals surface area (Å²) in [6.45, 7) is 1.82. The Morgan fingerprint density at radius 3 is 2.63 bits per heavy atom. The van der Waals surface area contributed by atoms with Gasteiger partial charge in [0.2, 0.25) is 0 Å². The SMILES string of the molecule is Cc1cc(Cl)ccc1C(=O)Nc1ccc(F)cc1I. The quantitative estimate of drug-likeness (QED) is 0.745. The minimum absolute atomic E-state index is 0.237. The van der Waals surface area contributed by atoms with Gasteiger partial charge in [0.25, 0.3) is 5.91 Å². The third kappa shape index (κ3) is 3.45. The lowest BCUT2D eigenvalue weighted by molar-refractivity contribution is 0.102. The third-order valence-electron chi connectivity index (χ3n) is 2.61. The largest absolute Gasteiger partial charge is 0.321 e. The van der Waals surface area contributed by atoms with Gasteiger partial charge in [-0.25, -0.2) is 4.39 Å². The number of hydrogen-bond donors (Lipinski definition) is 1. The van der Waals surface area contributed by atoms with Crippen LogP contribution in [0, 0.1) is 16.3 Å². The van der Waals surface area contributed by atoms with E-state index in [-0.39, 0.29) is 11.7 Å². The molecule has 0 saturated heterocycles. The zero-order valence-electron chi connectivity index (χ0n) is 10.0. The van der Waals surface area contributed by atoms with Crippen LogP contribution in [0.15, 0.2) is 36.4 Å². The predicted octanol–water partition coefficient (Wildman–Crippen LogP) is 4.64. The molecule has 5 heteroatoms. The van der Waals surface area contributed by atoms with E-state index in [1.54, 1.807) is 24.3 Å². The Morgan fingerprint density at radius 1 is 1.26 bits per heavy atom. The third-order valence-corrected chi connectivity index (χ3v) is 3.74. The summed E-state index contributed by atoms with van der Waals surface area (Å²) in [4.78, 5) is 12.1. The normalized spacial score (nSPS) is 10.3. The standard InChI is InChI=1S/C14H10ClFINO/c1-8-6-9(15)2-4-11(8)14(19)18-13-5-3-10(16)7-12(13)17/h2-7H,1H3,(H,18,19). The van der Waals surface area contributed by atoms with Gasteiger partial charge in [-0.1, -0.05) is 11.6 Å². The smallest absolute Gasteiger partial charge is 0.255 e. The van der Waals surface area contributed by atoms with E-state index in [2.05, 4.69) is 5.32 Å². The summed E-state index contributed by atoms with van der Waals surface area (Å²) in [5.41, 5.74) is 1.92. The van der Waals surface area contributed by atoms with Crippen LogP contribution in [0.4, 0.5) is 10.1 Å². The van der Waals surface area contributed by atoms with Crippen LogP contribution in [0.5, 0.6) is 0 Å². The van der Waals surface area contributed by atoms with Gasteiger partial charge in [0.15, 0.2) is 0 Å². The van der Waals surface area contributed by atoms with Crippen LogP contribution in [-0.2, 0) is 0 Å². The number of amides is 1. The molecule has 0 radical (unpaired) electrons. The van der Waals surface area contributed by atoms with Crippen LogP contribution in [-0.4, -0.2) is 5.91 Å². The van der Waals surface area contributed by atoms with Crippen molar-refractivity contribution in [3.05, 3.63) is 61.9 Å². The summed E-state index contributed by atoms with van der Waals surface area (Å²) in [6, 6.07) is 9.28. The molecular weight excluding hydrogens is 380 g/mol. The van der Waals surface area contributed by atoms with Crippen molar-refractivity contribution in [2.45, 2.75) is 6.92 Å². The van der Waals surface area contributed by atoms with Gasteiger partial charge in [-0.15, -0.1) is 0 Å². The van der Waals surface area contributed by atoms with Crippen LogP contribution in [0.1, 0.15) is 15.9 Å². The average Bonchev–Trinajstić information content (AvgIpc) is 2.32. The Morgan fingerprint density at radius 2 is 2.00 bits per heavy atom. The molecular formula is C14H10ClFINO. The minimum Gasteiger partial charge on any atom is -0.321 e. The lowest BCUT2D eigenvalue weighted by Crippen LogP contribution is -2.14. The molecule has 1 N–H and O–H groups in total. The number of benzene rings is 2. The summed E-state index contributed by atoms with van der Waals surface area (Å²) in [5.74, 6) is -0.566. The van der Waals surface area contributed by atoms with E-state index in [4.69, 9.17) is 11.6 Å². The Bertz CT molecular complexity index is 645. The maximum atomic E-state index is 13.0. The highest BCUT2D eigenvalue weighted by molar-refractivity contribution is 14.1. The number of halogens is 3. The highest BCUT2D eigenvalue weighted by Crippen LogP contribution is 2.21. The fraction of sp³-hybridized carbons (Fsp3) is 0.0714. The molecule has 0 aliphatic rings. The second-order valence-electron chi connectivity index (χ2n) is 4.04. The van der Waals surface area contributed by atoms with E-state index >= 15 is 0 Å². The molecule has 2 nitrogen and oxygen atoms in total. The van der Waals surface area contributed by atoms with E-state index in [0.717, 1.165) is 5.56 Å². The number of carbonyl (C=O) groups excluding carboxylic acids is 1. The number of anilines is 1. The Hall–Kier alpha value is -1.14. The van der Waals surface area contributed by atoms with Crippen LogP contribution in [0.3, 0.4) is 0 Å². The van der Waals surface area contributed by atoms with Crippen molar-refractivity contribution >= 4 is 45.8 Å². The number of nitrogens with one attached hydrogen (secondary N) is 1. The first kappa shape index (κ1) is 14.3. The summed E-state index contributed by atoms with van der Waals surface area (Å²) < 4.78 is 13.6. The van der Waals surface area contributed by atoms with Gasteiger partial charge < -0.3 is 5.32 Å². The summed E-state index contributed by atoms with van der Waals surface area (Å²) >= 11 is 7.83. The fourth-order valence-corrected chi connectivity index (χ4v) is 2.50. The van der Waals surface area contributed by atoms with Gasteiger partial charge in [0.05, 0.1) is 5.69 Å². The number of hydrogen-bond acceptors (Lipinski definition) is 1. The Labute approximate surface area is 129 Å². The summed E-state index contributed by atoms with van der Waals surface area (Å²) in [6.07, 6.45) is 0. The maximum Gasteiger partial charge on any atom is 0.255 e. The number of aryl methyl sites for hydroxylation is 1. The van der Waals surface area contributed by atoms with Gasteiger partial charge in [0.1, 0.15) is 5.82 Å². The fourth-order valence-electron chi connectivity index (χ4n) is 1.66. The molecule has 0 spiro atoms. The molecule has 0 heterocycles. The van der Waals surface area contributed by atoms with Crippen LogP contribution in [0.2, 0.25) is 5.02 Å². The van der Waals surface area contributed by atoms with Gasteiger partial charge in [-0.05, 0) is 71.5 Å². The molecule has 0 aromatic heterocycles. The highest BCUT2D eigenvalue weighted by Gasteiger charge is 2.11. The second kappa shape index (κ2) is 5.88. The van der Waals surface area contributed by atoms with Crippen molar-refractivity contribution in [3.8, 4) is 0 Å². The predicted molar refractivity (Wildman–Crippen MR) is 83.3 cm³/mol. The Balaban J connectivity index is 2.25. The number of carbonyl (C=O) groups is 1. The lowest BCUT2D eigenvalue weighted by Gasteiger charge is -2.09. The first-order chi connectivity index (χ1) is 8.97. The zero-order valence-corrected chi connectivity index (χ0v) is 12.9. The molecule has 2 aromatic carbocycles. The molecule has 0 unspecified atom stereocenters. The van der Waals surface area contributed by atoms with Crippen LogP contribution >= 0.6 is 34.2 Å². The minimum atomic E-state index is -0.329. The van der Waals surface area contributed by atoms with Crippen molar-refractivity contribution in [1.82, 2.24) is 0 Å². The van der Waals surface area contributed by atoms with Crippen LogP contribution in [0.25, 0.3) is 0 Å². The van der Waals surface area contributed by atoms with E-state index in [1.165, 1.54) is 12.1 Å². The monoisotopic (exact) mass is 389 g/mol. The van der Waals surface area contributed by atoms with Crippen molar-refractivity contribution in [1.29, 1.82) is 0 Å².